The van der Waals surface area contributed by atoms with E-state index in [4.69, 9.17) is 114 Å². The Labute approximate surface area is 543 Å². The van der Waals surface area contributed by atoms with Gasteiger partial charge in [0.15, 0.2) is 0 Å². The third kappa shape index (κ3) is 69.3. The molecule has 0 aliphatic rings. The van der Waals surface area contributed by atoms with Gasteiger partial charge < -0.3 is 119 Å². The molecule has 2 atom stereocenters. The van der Waals surface area contributed by atoms with E-state index in [1.54, 1.807) is 0 Å². The largest absolute Gasteiger partial charge is 0.491 e. The molecule has 0 aliphatic carbocycles. The molecule has 91 heavy (non-hydrogen) atoms. The van der Waals surface area contributed by atoms with E-state index >= 15 is 0 Å². The second-order valence-electron chi connectivity index (χ2n) is 19.7. The van der Waals surface area contributed by atoms with E-state index in [0.29, 0.717) is 271 Å². The second kappa shape index (κ2) is 72.4. The summed E-state index contributed by atoms with van der Waals surface area (Å²) in [4.78, 5) is 0. The van der Waals surface area contributed by atoms with Crippen molar-refractivity contribution in [1.29, 1.82) is 0 Å². The molecule has 2 aromatic carbocycles. The van der Waals surface area contributed by atoms with E-state index in [0.717, 1.165) is 35.5 Å². The lowest BCUT2D eigenvalue weighted by Gasteiger charge is -2.19. The van der Waals surface area contributed by atoms with Crippen LogP contribution in [0.15, 0.2) is 85.0 Å². The van der Waals surface area contributed by atoms with Gasteiger partial charge in [0.25, 0.3) is 0 Å². The van der Waals surface area contributed by atoms with Gasteiger partial charge in [-0.3, -0.25) is 0 Å². The number of benzene rings is 2. The van der Waals surface area contributed by atoms with Gasteiger partial charge in [0, 0.05) is 0 Å². The second-order valence-corrected chi connectivity index (χ2v) is 19.7. The summed E-state index contributed by atoms with van der Waals surface area (Å²) in [5, 5.41) is 18.5. The maximum Gasteiger partial charge on any atom is 0.119 e. The first-order chi connectivity index (χ1) is 44.9. The van der Waals surface area contributed by atoms with Crippen LogP contribution < -0.4 is 9.47 Å². The van der Waals surface area contributed by atoms with Crippen LogP contribution in [0.25, 0.3) is 0 Å². The number of rotatable bonds is 73. The first-order valence-electron chi connectivity index (χ1n) is 32.0. The summed E-state index contributed by atoms with van der Waals surface area (Å²) < 4.78 is 127. The van der Waals surface area contributed by atoms with Crippen molar-refractivity contribution in [2.45, 2.75) is 38.9 Å². The normalized spacial score (nSPS) is 12.0. The van der Waals surface area contributed by atoms with Crippen LogP contribution in [0.4, 0.5) is 0 Å². The minimum absolute atomic E-state index is 0.0122. The lowest BCUT2D eigenvalue weighted by atomic mass is 10.3. The smallest absolute Gasteiger partial charge is 0.119 e. The molecule has 530 valence electrons. The molecular weight excluding hydrogens is 1190 g/mol. The fraction of sp³-hybridized carbons (Fsp3) is 0.758. The minimum atomic E-state index is -0.692. The fourth-order valence-corrected chi connectivity index (χ4v) is 6.71. The average Bonchev–Trinajstić information content (AvgIpc) is 3.71. The topological polar surface area (TPSA) is 253 Å². The third-order valence-electron chi connectivity index (χ3n) is 11.5. The van der Waals surface area contributed by atoms with Gasteiger partial charge in [-0.1, -0.05) is 47.5 Å². The summed E-state index contributed by atoms with van der Waals surface area (Å²) in [6.07, 6.45) is 0.814. The molecule has 2 rings (SSSR count). The molecule has 0 heterocycles. The molecular formula is C66H116O25. The van der Waals surface area contributed by atoms with Crippen LogP contribution in [0.2, 0.25) is 0 Å². The highest BCUT2D eigenvalue weighted by Gasteiger charge is 2.12. The Kier molecular flexibility index (Phi) is 68.1. The van der Waals surface area contributed by atoms with Crippen molar-refractivity contribution in [2.75, 3.05) is 291 Å². The van der Waals surface area contributed by atoms with Gasteiger partial charge >= 0.3 is 0 Å². The standard InChI is InChI=1S/C34H60O13.C32H56O12/c1-32(2)8-9-36-10-11-37-12-13-38-14-15-39-16-17-40-18-19-41-20-21-42-22-23-43-24-25-44-26-27-45-28-29-46-30-33(35)31-47-34-6-4-3-5-7-34;1-30(2)8-10-34-12-14-36-16-17-38-18-19-39-20-21-40-24-25-42-28-32(29-44-31-6-4-3-5-7-31)43-27-26-41-23-22-37-15-13-35-11-9-33/h3-7,33,35H,1,8-31H2,2H3;3-7,32-33H,1,8-29H2,2H3. The van der Waals surface area contributed by atoms with Gasteiger partial charge in [0.05, 0.1) is 277 Å². The van der Waals surface area contributed by atoms with Crippen molar-refractivity contribution in [3.63, 3.8) is 0 Å². The summed E-state index contributed by atoms with van der Waals surface area (Å²) in [7, 11) is 0. The summed E-state index contributed by atoms with van der Waals surface area (Å²) >= 11 is 0. The SMILES string of the molecule is C=C(C)CCOCCOCCOCCOCCOCCOCC(COc1ccccc1)OCCOCCOCCOCCO.C=C(C)CCOCCOCCOCCOCCOCCOCCOCCOCCOCCOCCOCC(O)COc1ccccc1. The minimum Gasteiger partial charge on any atom is -0.491 e. The number of hydrogen-bond acceptors (Lipinski definition) is 25. The van der Waals surface area contributed by atoms with E-state index < -0.39 is 6.10 Å². The van der Waals surface area contributed by atoms with Gasteiger partial charge in [0.2, 0.25) is 0 Å². The number of aliphatic hydroxyl groups is 2. The van der Waals surface area contributed by atoms with Crippen LogP contribution >= 0.6 is 0 Å². The van der Waals surface area contributed by atoms with E-state index in [9.17, 15) is 5.11 Å². The first kappa shape index (κ1) is 85.6. The Morgan fingerprint density at radius 3 is 0.791 bits per heavy atom. The van der Waals surface area contributed by atoms with E-state index in [2.05, 4.69) is 13.2 Å². The highest BCUT2D eigenvalue weighted by Crippen LogP contribution is 2.11. The Morgan fingerprint density at radius 1 is 0.286 bits per heavy atom. The molecule has 0 aliphatic heterocycles. The molecule has 0 saturated carbocycles. The lowest BCUT2D eigenvalue weighted by Crippen LogP contribution is -2.29. The molecule has 2 N–H and O–H groups in total. The zero-order chi connectivity index (χ0) is 65.3. The fourth-order valence-electron chi connectivity index (χ4n) is 6.71. The summed E-state index contributed by atoms with van der Waals surface area (Å²) in [5.74, 6) is 1.49. The van der Waals surface area contributed by atoms with Crippen LogP contribution in [0, 0.1) is 0 Å². The Morgan fingerprint density at radius 2 is 0.516 bits per heavy atom. The van der Waals surface area contributed by atoms with E-state index in [1.807, 2.05) is 74.5 Å². The van der Waals surface area contributed by atoms with Crippen molar-refractivity contribution in [1.82, 2.24) is 0 Å². The maximum atomic E-state index is 9.88. The highest BCUT2D eigenvalue weighted by atomic mass is 16.6. The predicted octanol–water partition coefficient (Wildman–Crippen LogP) is 5.13. The van der Waals surface area contributed by atoms with Crippen LogP contribution in [-0.4, -0.2) is 313 Å². The van der Waals surface area contributed by atoms with Crippen LogP contribution in [0.1, 0.15) is 26.7 Å². The van der Waals surface area contributed by atoms with Gasteiger partial charge in [-0.15, -0.1) is 13.2 Å². The van der Waals surface area contributed by atoms with Crippen LogP contribution in [0.3, 0.4) is 0 Å². The Hall–Kier alpha value is -3.40. The number of para-hydroxylation sites is 2. The zero-order valence-electron chi connectivity index (χ0n) is 55.2. The third-order valence-corrected chi connectivity index (χ3v) is 11.5. The van der Waals surface area contributed by atoms with Gasteiger partial charge in [-0.25, -0.2) is 0 Å². The first-order valence-corrected chi connectivity index (χ1v) is 32.0. The van der Waals surface area contributed by atoms with Gasteiger partial charge in [-0.05, 0) is 51.0 Å². The number of ether oxygens (including phenoxy) is 23. The molecule has 0 saturated heterocycles. The molecule has 0 aromatic heterocycles. The van der Waals surface area contributed by atoms with Gasteiger partial charge in [0.1, 0.15) is 36.9 Å². The molecule has 2 aromatic rings. The number of hydrogen-bond donors (Lipinski definition) is 2. The molecule has 25 heteroatoms. The van der Waals surface area contributed by atoms with E-state index in [-0.39, 0.29) is 25.9 Å². The van der Waals surface area contributed by atoms with Gasteiger partial charge in [-0.2, -0.15) is 0 Å². The Balaban J connectivity index is 0.000000912. The van der Waals surface area contributed by atoms with Crippen LogP contribution in [0.5, 0.6) is 11.5 Å². The van der Waals surface area contributed by atoms with Crippen molar-refractivity contribution < 1.29 is 119 Å². The molecule has 0 spiro atoms. The van der Waals surface area contributed by atoms with Crippen molar-refractivity contribution in [2.24, 2.45) is 0 Å². The maximum absolute atomic E-state index is 9.88. The van der Waals surface area contributed by atoms with Crippen molar-refractivity contribution >= 4 is 0 Å². The summed E-state index contributed by atoms with van der Waals surface area (Å²) in [6, 6.07) is 18.9. The molecule has 0 bridgehead atoms. The molecule has 0 fully saturated rings. The molecule has 2 unspecified atom stereocenters. The Bertz CT molecular complexity index is 1740. The lowest BCUT2D eigenvalue weighted by molar-refractivity contribution is -0.0680. The predicted molar refractivity (Wildman–Crippen MR) is 342 cm³/mol. The monoisotopic (exact) mass is 1310 g/mol. The van der Waals surface area contributed by atoms with Crippen molar-refractivity contribution in [3.05, 3.63) is 85.0 Å². The molecule has 0 radical (unpaired) electrons. The summed E-state index contributed by atoms with van der Waals surface area (Å²) in [5.41, 5.74) is 2.24. The molecule has 0 amide bonds. The van der Waals surface area contributed by atoms with Crippen LogP contribution in [-0.2, 0) is 99.5 Å². The average molecular weight is 1310 g/mol. The van der Waals surface area contributed by atoms with E-state index in [1.165, 1.54) is 0 Å². The number of aliphatic hydroxyl groups excluding tert-OH is 2. The zero-order valence-corrected chi connectivity index (χ0v) is 55.2. The summed E-state index contributed by atoms with van der Waals surface area (Å²) in [6.45, 7) is 32.2. The highest BCUT2D eigenvalue weighted by molar-refractivity contribution is 5.21. The van der Waals surface area contributed by atoms with Crippen molar-refractivity contribution in [3.8, 4) is 11.5 Å². The quantitative estimate of drug-likeness (QED) is 0.0643. The molecule has 25 nitrogen and oxygen atoms in total.